The van der Waals surface area contributed by atoms with E-state index < -0.39 is 33.4 Å². The molecule has 0 saturated carbocycles. The Kier molecular flexibility index (Phi) is 6.42. The van der Waals surface area contributed by atoms with Crippen molar-refractivity contribution in [3.05, 3.63) is 33.6 Å². The first kappa shape index (κ1) is 20.1. The summed E-state index contributed by atoms with van der Waals surface area (Å²) in [5.41, 5.74) is -0.369. The Labute approximate surface area is 155 Å². The van der Waals surface area contributed by atoms with Crippen molar-refractivity contribution in [2.45, 2.75) is 25.0 Å². The van der Waals surface area contributed by atoms with Crippen molar-refractivity contribution in [3.63, 3.8) is 0 Å². The second-order valence-electron chi connectivity index (χ2n) is 5.74. The first-order valence-electron chi connectivity index (χ1n) is 7.53. The highest BCUT2D eigenvalue weighted by Crippen LogP contribution is 2.24. The highest BCUT2D eigenvalue weighted by molar-refractivity contribution is 7.90. The number of carbonyl (C=O) groups is 2. The van der Waals surface area contributed by atoms with Crippen LogP contribution in [0.25, 0.3) is 0 Å². The van der Waals surface area contributed by atoms with Gasteiger partial charge in [0, 0.05) is 25.0 Å². The quantitative estimate of drug-likeness (QED) is 0.595. The fraction of sp³-hybridized carbons (Fsp3) is 0.467. The number of nitrogens with one attached hydrogen (secondary N) is 1. The molecule has 6 nitrogen and oxygen atoms in total. The summed E-state index contributed by atoms with van der Waals surface area (Å²) in [5, 5.41) is -0.937. The number of rotatable bonds is 5. The summed E-state index contributed by atoms with van der Waals surface area (Å²) >= 11 is 11.4. The molecular formula is C15H17Cl2FN2O4S. The molecule has 2 rings (SSSR count). The Balaban J connectivity index is 2.01. The fourth-order valence-corrected chi connectivity index (χ4v) is 4.51. The van der Waals surface area contributed by atoms with Crippen LogP contribution in [0.15, 0.2) is 12.1 Å². The second-order valence-corrected chi connectivity index (χ2v) is 8.63. The maximum atomic E-state index is 13.9. The molecule has 1 saturated heterocycles. The number of piperidine rings is 1. The van der Waals surface area contributed by atoms with Crippen molar-refractivity contribution >= 4 is 44.9 Å². The molecule has 1 aromatic rings. The number of carbonyl (C=O) groups excluding carboxylic acids is 2. The summed E-state index contributed by atoms with van der Waals surface area (Å²) in [7, 11) is -3.77. The van der Waals surface area contributed by atoms with Gasteiger partial charge < -0.3 is 4.90 Å². The summed E-state index contributed by atoms with van der Waals surface area (Å²) in [6.07, 6.45) is 0.556. The van der Waals surface area contributed by atoms with Gasteiger partial charge >= 0.3 is 0 Å². The SMILES string of the molecule is CC(=O)N1CCC(S(=O)(=O)NCC(=O)c2cc(Cl)cc(Cl)c2F)CC1. The lowest BCUT2D eigenvalue weighted by atomic mass is 10.1. The van der Waals surface area contributed by atoms with Crippen LogP contribution in [-0.4, -0.2) is 49.9 Å². The van der Waals surface area contributed by atoms with E-state index >= 15 is 0 Å². The number of nitrogens with zero attached hydrogens (tertiary/aromatic N) is 1. The minimum absolute atomic E-state index is 0.0780. The zero-order valence-electron chi connectivity index (χ0n) is 13.4. The number of hydrogen-bond donors (Lipinski definition) is 1. The van der Waals surface area contributed by atoms with E-state index in [2.05, 4.69) is 4.72 Å². The standard InChI is InChI=1S/C15H17Cl2FN2O4S/c1-9(21)20-4-2-11(3-5-20)25(23,24)19-8-14(22)12-6-10(16)7-13(17)15(12)18/h6-7,11,19H,2-5,8H2,1H3. The number of halogens is 3. The van der Waals surface area contributed by atoms with Crippen molar-refractivity contribution < 1.29 is 22.4 Å². The molecule has 0 bridgehead atoms. The summed E-state index contributed by atoms with van der Waals surface area (Å²) < 4.78 is 40.7. The third kappa shape index (κ3) is 4.91. The average molecular weight is 411 g/mol. The molecule has 1 aromatic carbocycles. The normalized spacial score (nSPS) is 16.1. The molecule has 0 aromatic heterocycles. The van der Waals surface area contributed by atoms with Crippen molar-refractivity contribution in [2.75, 3.05) is 19.6 Å². The molecule has 10 heteroatoms. The monoisotopic (exact) mass is 410 g/mol. The number of benzene rings is 1. The van der Waals surface area contributed by atoms with Crippen LogP contribution in [0.4, 0.5) is 4.39 Å². The van der Waals surface area contributed by atoms with Crippen LogP contribution in [0.2, 0.25) is 10.0 Å². The summed E-state index contributed by atoms with van der Waals surface area (Å²) in [5.74, 6) is -1.82. The van der Waals surface area contributed by atoms with E-state index in [-0.39, 0.29) is 34.4 Å². The van der Waals surface area contributed by atoms with Crippen LogP contribution in [0.5, 0.6) is 0 Å². The molecule has 0 spiro atoms. The van der Waals surface area contributed by atoms with Gasteiger partial charge in [-0.05, 0) is 25.0 Å². The van der Waals surface area contributed by atoms with E-state index in [1.165, 1.54) is 6.92 Å². The minimum atomic E-state index is -3.77. The average Bonchev–Trinajstić information content (AvgIpc) is 2.56. The van der Waals surface area contributed by atoms with Gasteiger partial charge in [-0.25, -0.2) is 17.5 Å². The van der Waals surface area contributed by atoms with Gasteiger partial charge in [-0.3, -0.25) is 9.59 Å². The van der Waals surface area contributed by atoms with Gasteiger partial charge in [0.1, 0.15) is 0 Å². The van der Waals surface area contributed by atoms with Crippen molar-refractivity contribution in [2.24, 2.45) is 0 Å². The number of Topliss-reactive ketones (excluding diaryl/α,β-unsaturated/α-hetero) is 1. The van der Waals surface area contributed by atoms with Crippen LogP contribution in [0.1, 0.15) is 30.1 Å². The lowest BCUT2D eigenvalue weighted by molar-refractivity contribution is -0.129. The van der Waals surface area contributed by atoms with Crippen LogP contribution in [-0.2, 0) is 14.8 Å². The molecule has 1 heterocycles. The van der Waals surface area contributed by atoms with Crippen LogP contribution >= 0.6 is 23.2 Å². The van der Waals surface area contributed by atoms with E-state index in [0.717, 1.165) is 12.1 Å². The predicted octanol–water partition coefficient (Wildman–Crippen LogP) is 2.25. The topological polar surface area (TPSA) is 83.6 Å². The van der Waals surface area contributed by atoms with Crippen LogP contribution in [0.3, 0.4) is 0 Å². The van der Waals surface area contributed by atoms with E-state index in [9.17, 15) is 22.4 Å². The minimum Gasteiger partial charge on any atom is -0.343 e. The predicted molar refractivity (Wildman–Crippen MR) is 92.9 cm³/mol. The zero-order chi connectivity index (χ0) is 18.8. The Morgan fingerprint density at radius 2 is 1.88 bits per heavy atom. The van der Waals surface area contributed by atoms with Gasteiger partial charge in [0.15, 0.2) is 11.6 Å². The number of sulfonamides is 1. The van der Waals surface area contributed by atoms with Gasteiger partial charge in [-0.2, -0.15) is 0 Å². The Hall–Kier alpha value is -1.22. The molecule has 0 atom stereocenters. The molecule has 0 unspecified atom stereocenters. The zero-order valence-corrected chi connectivity index (χ0v) is 15.7. The Bertz CT molecular complexity index is 793. The Morgan fingerprint density at radius 1 is 1.28 bits per heavy atom. The highest BCUT2D eigenvalue weighted by Gasteiger charge is 2.31. The van der Waals surface area contributed by atoms with E-state index in [4.69, 9.17) is 23.2 Å². The molecular weight excluding hydrogens is 394 g/mol. The van der Waals surface area contributed by atoms with Gasteiger partial charge in [0.2, 0.25) is 15.9 Å². The molecule has 1 aliphatic heterocycles. The van der Waals surface area contributed by atoms with Crippen molar-refractivity contribution in [3.8, 4) is 0 Å². The maximum Gasteiger partial charge on any atom is 0.219 e. The van der Waals surface area contributed by atoms with Crippen LogP contribution in [0, 0.1) is 5.82 Å². The highest BCUT2D eigenvalue weighted by atomic mass is 35.5. The molecule has 1 N–H and O–H groups in total. The van der Waals surface area contributed by atoms with Gasteiger partial charge in [-0.1, -0.05) is 23.2 Å². The molecule has 1 aliphatic rings. The molecule has 0 radical (unpaired) electrons. The van der Waals surface area contributed by atoms with E-state index in [1.807, 2.05) is 0 Å². The van der Waals surface area contributed by atoms with Gasteiger partial charge in [-0.15, -0.1) is 0 Å². The van der Waals surface area contributed by atoms with E-state index in [1.54, 1.807) is 4.90 Å². The molecule has 0 aliphatic carbocycles. The number of hydrogen-bond acceptors (Lipinski definition) is 4. The number of likely N-dealkylation sites (tertiary alicyclic amines) is 1. The lowest BCUT2D eigenvalue weighted by Crippen LogP contribution is -2.45. The van der Waals surface area contributed by atoms with Crippen molar-refractivity contribution in [1.82, 2.24) is 9.62 Å². The largest absolute Gasteiger partial charge is 0.343 e. The summed E-state index contributed by atoms with van der Waals surface area (Å²) in [6.45, 7) is 1.51. The van der Waals surface area contributed by atoms with Gasteiger partial charge in [0.25, 0.3) is 0 Å². The number of amides is 1. The summed E-state index contributed by atoms with van der Waals surface area (Å²) in [6, 6.07) is 2.26. The van der Waals surface area contributed by atoms with E-state index in [0.29, 0.717) is 13.1 Å². The number of ketones is 1. The van der Waals surface area contributed by atoms with Crippen molar-refractivity contribution in [1.29, 1.82) is 0 Å². The second kappa shape index (κ2) is 7.99. The van der Waals surface area contributed by atoms with Crippen LogP contribution < -0.4 is 4.72 Å². The first-order valence-corrected chi connectivity index (χ1v) is 9.83. The lowest BCUT2D eigenvalue weighted by Gasteiger charge is -2.30. The first-order chi connectivity index (χ1) is 11.6. The fourth-order valence-electron chi connectivity index (χ4n) is 2.62. The third-order valence-electron chi connectivity index (χ3n) is 4.05. The Morgan fingerprint density at radius 3 is 2.44 bits per heavy atom. The molecule has 138 valence electrons. The molecule has 1 amide bonds. The molecule has 1 fully saturated rings. The maximum absolute atomic E-state index is 13.9. The van der Waals surface area contributed by atoms with Gasteiger partial charge in [0.05, 0.1) is 22.4 Å². The smallest absolute Gasteiger partial charge is 0.219 e. The third-order valence-corrected chi connectivity index (χ3v) is 6.44. The summed E-state index contributed by atoms with van der Waals surface area (Å²) in [4.78, 5) is 24.9. The molecule has 25 heavy (non-hydrogen) atoms.